The molecule has 0 saturated heterocycles. The molecule has 1 nitrogen and oxygen atoms in total. The van der Waals surface area contributed by atoms with Crippen LogP contribution in [0.2, 0.25) is 0 Å². The summed E-state index contributed by atoms with van der Waals surface area (Å²) in [6, 6.07) is 6.64. The van der Waals surface area contributed by atoms with E-state index in [0.717, 1.165) is 13.1 Å². The van der Waals surface area contributed by atoms with Gasteiger partial charge in [-0.15, -0.1) is 0 Å². The zero-order chi connectivity index (χ0) is 13.6. The van der Waals surface area contributed by atoms with E-state index in [-0.39, 0.29) is 0 Å². The van der Waals surface area contributed by atoms with Crippen molar-refractivity contribution in [1.29, 1.82) is 0 Å². The van der Waals surface area contributed by atoms with Crippen LogP contribution in [0.4, 0.5) is 0 Å². The Morgan fingerprint density at radius 3 is 2.22 bits per heavy atom. The molecular formula is C17H29N. The fraction of sp³-hybridized carbons (Fsp3) is 0.647. The lowest BCUT2D eigenvalue weighted by molar-refractivity contribution is 0.276. The van der Waals surface area contributed by atoms with Crippen molar-refractivity contribution in [2.75, 3.05) is 13.1 Å². The first-order valence-electron chi connectivity index (χ1n) is 7.28. The Labute approximate surface area is 113 Å². The maximum absolute atomic E-state index is 3.53. The van der Waals surface area contributed by atoms with Crippen LogP contribution in [0.25, 0.3) is 0 Å². The number of hydrogen-bond donors (Lipinski definition) is 1. The predicted octanol–water partition coefficient (Wildman–Crippen LogP) is 4.26. The Balaban J connectivity index is 2.88. The molecule has 0 heterocycles. The van der Waals surface area contributed by atoms with Crippen LogP contribution in [-0.2, 0) is 6.42 Å². The topological polar surface area (TPSA) is 12.0 Å². The van der Waals surface area contributed by atoms with E-state index in [2.05, 4.69) is 58.1 Å². The van der Waals surface area contributed by atoms with Gasteiger partial charge in [0, 0.05) is 6.54 Å². The minimum Gasteiger partial charge on any atom is -0.316 e. The monoisotopic (exact) mass is 247 g/mol. The lowest BCUT2D eigenvalue weighted by Gasteiger charge is -2.31. The second-order valence-electron chi connectivity index (χ2n) is 5.89. The maximum Gasteiger partial charge on any atom is 0.000823 e. The van der Waals surface area contributed by atoms with E-state index in [9.17, 15) is 0 Å². The minimum absolute atomic E-state index is 0.377. The van der Waals surface area contributed by atoms with Crippen molar-refractivity contribution >= 4 is 0 Å². The molecule has 0 spiro atoms. The molecule has 1 heteroatoms. The number of benzene rings is 1. The van der Waals surface area contributed by atoms with Gasteiger partial charge in [0.15, 0.2) is 0 Å². The number of aryl methyl sites for hydroxylation is 2. The Morgan fingerprint density at radius 1 is 1.11 bits per heavy atom. The first kappa shape index (κ1) is 15.2. The first-order chi connectivity index (χ1) is 8.52. The minimum atomic E-state index is 0.377. The van der Waals surface area contributed by atoms with Crippen LogP contribution in [0.15, 0.2) is 18.2 Å². The van der Waals surface area contributed by atoms with Crippen molar-refractivity contribution in [3.63, 3.8) is 0 Å². The first-order valence-corrected chi connectivity index (χ1v) is 7.28. The molecule has 18 heavy (non-hydrogen) atoms. The smallest absolute Gasteiger partial charge is 0.000823 e. The van der Waals surface area contributed by atoms with Crippen LogP contribution in [-0.4, -0.2) is 13.1 Å². The average molecular weight is 247 g/mol. The van der Waals surface area contributed by atoms with Crippen LogP contribution in [0.5, 0.6) is 0 Å². The maximum atomic E-state index is 3.53. The van der Waals surface area contributed by atoms with Gasteiger partial charge >= 0.3 is 0 Å². The molecule has 0 amide bonds. The van der Waals surface area contributed by atoms with Gasteiger partial charge in [-0.1, -0.05) is 45.4 Å². The second kappa shape index (κ2) is 6.94. The molecule has 0 aliphatic rings. The highest BCUT2D eigenvalue weighted by Gasteiger charge is 2.24. The van der Waals surface area contributed by atoms with Crippen molar-refractivity contribution in [2.24, 2.45) is 5.41 Å². The van der Waals surface area contributed by atoms with Crippen molar-refractivity contribution in [3.8, 4) is 0 Å². The van der Waals surface area contributed by atoms with E-state index in [1.54, 1.807) is 5.56 Å². The number of rotatable bonds is 7. The van der Waals surface area contributed by atoms with Gasteiger partial charge in [-0.25, -0.2) is 0 Å². The molecule has 1 atom stereocenters. The van der Waals surface area contributed by atoms with Crippen molar-refractivity contribution in [1.82, 2.24) is 5.32 Å². The summed E-state index contributed by atoms with van der Waals surface area (Å²) in [6.07, 6.45) is 3.73. The van der Waals surface area contributed by atoms with Crippen LogP contribution in [0, 0.1) is 19.3 Å². The molecule has 1 unspecified atom stereocenters. The van der Waals surface area contributed by atoms with Crippen LogP contribution >= 0.6 is 0 Å². The molecule has 1 rings (SSSR count). The lowest BCUT2D eigenvalue weighted by Crippen LogP contribution is -2.34. The molecule has 0 aromatic heterocycles. The van der Waals surface area contributed by atoms with Gasteiger partial charge in [0.25, 0.3) is 0 Å². The van der Waals surface area contributed by atoms with Crippen molar-refractivity contribution < 1.29 is 0 Å². The third-order valence-electron chi connectivity index (χ3n) is 3.90. The van der Waals surface area contributed by atoms with Gasteiger partial charge in [-0.3, -0.25) is 0 Å². The highest BCUT2D eigenvalue weighted by atomic mass is 14.9. The summed E-state index contributed by atoms with van der Waals surface area (Å²) < 4.78 is 0. The second-order valence-corrected chi connectivity index (χ2v) is 5.89. The summed E-state index contributed by atoms with van der Waals surface area (Å²) in [6.45, 7) is 13.5. The Morgan fingerprint density at radius 2 is 1.72 bits per heavy atom. The summed E-state index contributed by atoms with van der Waals surface area (Å²) in [4.78, 5) is 0. The third-order valence-corrected chi connectivity index (χ3v) is 3.90. The van der Waals surface area contributed by atoms with Crippen molar-refractivity contribution in [2.45, 2.75) is 53.9 Å². The fourth-order valence-corrected chi connectivity index (χ4v) is 2.82. The highest BCUT2D eigenvalue weighted by Crippen LogP contribution is 2.30. The van der Waals surface area contributed by atoms with Crippen molar-refractivity contribution in [3.05, 3.63) is 34.9 Å². The molecule has 0 fully saturated rings. The van der Waals surface area contributed by atoms with Gasteiger partial charge in [0.1, 0.15) is 0 Å². The Kier molecular flexibility index (Phi) is 5.87. The Hall–Kier alpha value is -0.820. The SMILES string of the molecule is CCCC(C)(CNCC)Cc1c(C)cccc1C. The summed E-state index contributed by atoms with van der Waals surface area (Å²) in [7, 11) is 0. The lowest BCUT2D eigenvalue weighted by atomic mass is 9.77. The van der Waals surface area contributed by atoms with Gasteiger partial charge in [-0.2, -0.15) is 0 Å². The number of nitrogens with one attached hydrogen (secondary N) is 1. The average Bonchev–Trinajstić information content (AvgIpc) is 2.32. The van der Waals surface area contributed by atoms with Crippen LogP contribution < -0.4 is 5.32 Å². The quantitative estimate of drug-likeness (QED) is 0.759. The zero-order valence-electron chi connectivity index (χ0n) is 12.8. The van der Waals surface area contributed by atoms with E-state index >= 15 is 0 Å². The van der Waals surface area contributed by atoms with E-state index < -0.39 is 0 Å². The molecular weight excluding hydrogens is 218 g/mol. The molecule has 0 saturated carbocycles. The number of hydrogen-bond acceptors (Lipinski definition) is 1. The summed E-state index contributed by atoms with van der Waals surface area (Å²) in [5.41, 5.74) is 4.80. The van der Waals surface area contributed by atoms with Crippen LogP contribution in [0.1, 0.15) is 50.3 Å². The molecule has 1 aromatic carbocycles. The van der Waals surface area contributed by atoms with E-state index in [1.807, 2.05) is 0 Å². The fourth-order valence-electron chi connectivity index (χ4n) is 2.82. The largest absolute Gasteiger partial charge is 0.316 e. The van der Waals surface area contributed by atoms with E-state index in [4.69, 9.17) is 0 Å². The van der Waals surface area contributed by atoms with Gasteiger partial charge in [-0.05, 0) is 55.3 Å². The van der Waals surface area contributed by atoms with Gasteiger partial charge in [0.2, 0.25) is 0 Å². The van der Waals surface area contributed by atoms with E-state index in [0.29, 0.717) is 5.41 Å². The molecule has 102 valence electrons. The summed E-state index contributed by atoms with van der Waals surface area (Å²) >= 11 is 0. The standard InChI is InChI=1S/C17H29N/c1-6-11-17(5,13-18-7-2)12-16-14(3)9-8-10-15(16)4/h8-10,18H,6-7,11-13H2,1-5H3. The highest BCUT2D eigenvalue weighted by molar-refractivity contribution is 5.34. The summed E-state index contributed by atoms with van der Waals surface area (Å²) in [5, 5.41) is 3.53. The summed E-state index contributed by atoms with van der Waals surface area (Å²) in [5.74, 6) is 0. The molecule has 1 aromatic rings. The molecule has 0 radical (unpaired) electrons. The normalized spacial score (nSPS) is 14.5. The van der Waals surface area contributed by atoms with Gasteiger partial charge in [0.05, 0.1) is 0 Å². The molecule has 1 N–H and O–H groups in total. The predicted molar refractivity (Wildman–Crippen MR) is 81.2 cm³/mol. The van der Waals surface area contributed by atoms with Gasteiger partial charge < -0.3 is 5.32 Å². The third kappa shape index (κ3) is 4.13. The Bertz CT molecular complexity index is 350. The molecule has 0 bridgehead atoms. The van der Waals surface area contributed by atoms with E-state index in [1.165, 1.54) is 30.4 Å². The molecule has 0 aliphatic carbocycles. The molecule has 0 aliphatic heterocycles. The zero-order valence-corrected chi connectivity index (χ0v) is 12.8. The van der Waals surface area contributed by atoms with Crippen LogP contribution in [0.3, 0.4) is 0 Å².